The number of benzene rings is 2. The van der Waals surface area contributed by atoms with Gasteiger partial charge < -0.3 is 5.32 Å². The van der Waals surface area contributed by atoms with E-state index in [1.165, 1.54) is 0 Å². The summed E-state index contributed by atoms with van der Waals surface area (Å²) in [7, 11) is -3.55. The Morgan fingerprint density at radius 2 is 1.59 bits per heavy atom. The van der Waals surface area contributed by atoms with Gasteiger partial charge in [-0.3, -0.25) is 4.79 Å². The zero-order valence-corrected chi connectivity index (χ0v) is 16.8. The highest BCUT2D eigenvalue weighted by Gasteiger charge is 2.21. The fraction of sp³-hybridized carbons (Fsp3) is 0.381. The molecule has 1 saturated carbocycles. The molecule has 0 saturated heterocycles. The van der Waals surface area contributed by atoms with Gasteiger partial charge in [0, 0.05) is 24.2 Å². The molecule has 5 nitrogen and oxygen atoms in total. The quantitative estimate of drug-likeness (QED) is 0.717. The second-order valence-corrected chi connectivity index (χ2v) is 8.98. The van der Waals surface area contributed by atoms with E-state index in [4.69, 9.17) is 0 Å². The molecule has 2 N–H and O–H groups in total. The van der Waals surface area contributed by atoms with Crippen LogP contribution in [0.3, 0.4) is 0 Å². The number of halogens is 2. The molecule has 29 heavy (non-hydrogen) atoms. The monoisotopic (exact) mass is 422 g/mol. The van der Waals surface area contributed by atoms with E-state index >= 15 is 0 Å². The van der Waals surface area contributed by atoms with Crippen LogP contribution < -0.4 is 10.0 Å². The van der Waals surface area contributed by atoms with Gasteiger partial charge in [-0.05, 0) is 49.1 Å². The Kier molecular flexibility index (Phi) is 6.97. The molecule has 8 heteroatoms. The Hall–Kier alpha value is -2.32. The van der Waals surface area contributed by atoms with Crippen LogP contribution in [0, 0.1) is 11.6 Å². The Balaban J connectivity index is 1.53. The highest BCUT2D eigenvalue weighted by molar-refractivity contribution is 7.89. The van der Waals surface area contributed by atoms with Crippen LogP contribution in [-0.2, 0) is 16.4 Å². The SMILES string of the molecule is O=C(NCCc1ccc(S(=O)(=O)NC2CCCCC2)cc1)c1cc(F)cc(F)c1. The van der Waals surface area contributed by atoms with E-state index in [0.717, 1.165) is 49.8 Å². The Morgan fingerprint density at radius 3 is 2.21 bits per heavy atom. The topological polar surface area (TPSA) is 75.3 Å². The third-order valence-electron chi connectivity index (χ3n) is 4.98. The summed E-state index contributed by atoms with van der Waals surface area (Å²) >= 11 is 0. The molecule has 0 heterocycles. The number of sulfonamides is 1. The number of amides is 1. The number of rotatable bonds is 7. The van der Waals surface area contributed by atoms with Crippen molar-refractivity contribution < 1.29 is 22.0 Å². The predicted octanol–water partition coefficient (Wildman–Crippen LogP) is 3.55. The van der Waals surface area contributed by atoms with E-state index in [9.17, 15) is 22.0 Å². The average molecular weight is 422 g/mol. The first-order chi connectivity index (χ1) is 13.8. The van der Waals surface area contributed by atoms with E-state index in [-0.39, 0.29) is 23.0 Å². The van der Waals surface area contributed by atoms with Gasteiger partial charge in [-0.1, -0.05) is 31.4 Å². The van der Waals surface area contributed by atoms with Crippen LogP contribution in [0.2, 0.25) is 0 Å². The summed E-state index contributed by atoms with van der Waals surface area (Å²) in [6.45, 7) is 0.253. The molecule has 0 aliphatic heterocycles. The smallest absolute Gasteiger partial charge is 0.251 e. The van der Waals surface area contributed by atoms with Gasteiger partial charge in [0.05, 0.1) is 4.90 Å². The molecule has 1 fully saturated rings. The van der Waals surface area contributed by atoms with Gasteiger partial charge in [-0.15, -0.1) is 0 Å². The van der Waals surface area contributed by atoms with Gasteiger partial charge in [-0.25, -0.2) is 21.9 Å². The van der Waals surface area contributed by atoms with Gasteiger partial charge in [0.15, 0.2) is 0 Å². The van der Waals surface area contributed by atoms with Crippen LogP contribution in [0.1, 0.15) is 48.0 Å². The molecule has 0 spiro atoms. The maximum Gasteiger partial charge on any atom is 0.251 e. The number of carbonyl (C=O) groups excluding carboxylic acids is 1. The van der Waals surface area contributed by atoms with Gasteiger partial charge >= 0.3 is 0 Å². The minimum atomic E-state index is -3.55. The maximum absolute atomic E-state index is 13.2. The molecule has 0 radical (unpaired) electrons. The van der Waals surface area contributed by atoms with Gasteiger partial charge in [-0.2, -0.15) is 0 Å². The van der Waals surface area contributed by atoms with Crippen molar-refractivity contribution in [2.45, 2.75) is 49.5 Å². The van der Waals surface area contributed by atoms with Crippen LogP contribution in [0.5, 0.6) is 0 Å². The van der Waals surface area contributed by atoms with Crippen LogP contribution in [-0.4, -0.2) is 26.9 Å². The van der Waals surface area contributed by atoms with Crippen molar-refractivity contribution in [2.24, 2.45) is 0 Å². The van der Waals surface area contributed by atoms with Gasteiger partial charge in [0.1, 0.15) is 11.6 Å². The van der Waals surface area contributed by atoms with Crippen molar-refractivity contribution in [3.8, 4) is 0 Å². The Morgan fingerprint density at radius 1 is 0.966 bits per heavy atom. The summed E-state index contributed by atoms with van der Waals surface area (Å²) in [5.41, 5.74) is 0.755. The number of hydrogen-bond donors (Lipinski definition) is 2. The van der Waals surface area contributed by atoms with Crippen molar-refractivity contribution in [2.75, 3.05) is 6.54 Å². The minimum absolute atomic E-state index is 0.00343. The largest absolute Gasteiger partial charge is 0.352 e. The molecule has 2 aromatic carbocycles. The molecule has 156 valence electrons. The van der Waals surface area contributed by atoms with Crippen molar-refractivity contribution in [3.05, 3.63) is 65.2 Å². The van der Waals surface area contributed by atoms with Crippen molar-refractivity contribution >= 4 is 15.9 Å². The van der Waals surface area contributed by atoms with Crippen LogP contribution in [0.25, 0.3) is 0 Å². The first-order valence-electron chi connectivity index (χ1n) is 9.69. The van der Waals surface area contributed by atoms with Gasteiger partial charge in [0.25, 0.3) is 5.91 Å². The number of nitrogens with one attached hydrogen (secondary N) is 2. The molecule has 0 atom stereocenters. The average Bonchev–Trinajstić information content (AvgIpc) is 2.68. The highest BCUT2D eigenvalue weighted by Crippen LogP contribution is 2.20. The lowest BCUT2D eigenvalue weighted by atomic mass is 9.96. The van der Waals surface area contributed by atoms with Crippen molar-refractivity contribution in [1.29, 1.82) is 0 Å². The second kappa shape index (κ2) is 9.45. The van der Waals surface area contributed by atoms with Crippen LogP contribution in [0.4, 0.5) is 8.78 Å². The predicted molar refractivity (Wildman–Crippen MR) is 106 cm³/mol. The molecule has 0 unspecified atom stereocenters. The molecule has 3 rings (SSSR count). The van der Waals surface area contributed by atoms with Crippen molar-refractivity contribution in [1.82, 2.24) is 10.0 Å². The molecular formula is C21H24F2N2O3S. The third kappa shape index (κ3) is 6.08. The molecule has 0 bridgehead atoms. The molecule has 0 aromatic heterocycles. The third-order valence-corrected chi connectivity index (χ3v) is 6.52. The summed E-state index contributed by atoms with van der Waals surface area (Å²) in [6, 6.07) is 9.13. The minimum Gasteiger partial charge on any atom is -0.352 e. The van der Waals surface area contributed by atoms with E-state index in [1.807, 2.05) is 0 Å². The summed E-state index contributed by atoms with van der Waals surface area (Å²) in [6.07, 6.45) is 5.43. The molecule has 1 aliphatic rings. The second-order valence-electron chi connectivity index (χ2n) is 7.26. The zero-order valence-electron chi connectivity index (χ0n) is 16.0. The zero-order chi connectivity index (χ0) is 20.9. The van der Waals surface area contributed by atoms with Crippen molar-refractivity contribution in [3.63, 3.8) is 0 Å². The summed E-state index contributed by atoms with van der Waals surface area (Å²) in [4.78, 5) is 12.2. The van der Waals surface area contributed by atoms with E-state index < -0.39 is 27.6 Å². The lowest BCUT2D eigenvalue weighted by Crippen LogP contribution is -2.36. The number of hydrogen-bond acceptors (Lipinski definition) is 3. The lowest BCUT2D eigenvalue weighted by Gasteiger charge is -2.22. The molecular weight excluding hydrogens is 398 g/mol. The first-order valence-corrected chi connectivity index (χ1v) is 11.2. The summed E-state index contributed by atoms with van der Waals surface area (Å²) < 4.78 is 54.1. The molecule has 1 aliphatic carbocycles. The lowest BCUT2D eigenvalue weighted by molar-refractivity contribution is 0.0953. The molecule has 2 aromatic rings. The Labute approximate surface area is 169 Å². The normalized spacial score (nSPS) is 15.2. The summed E-state index contributed by atoms with van der Waals surface area (Å²) in [5.74, 6) is -2.19. The molecule has 1 amide bonds. The van der Waals surface area contributed by atoms with E-state index in [2.05, 4.69) is 10.0 Å². The first kappa shape index (κ1) is 21.4. The number of carbonyl (C=O) groups is 1. The fourth-order valence-corrected chi connectivity index (χ4v) is 4.76. The van der Waals surface area contributed by atoms with Crippen LogP contribution >= 0.6 is 0 Å². The highest BCUT2D eigenvalue weighted by atomic mass is 32.2. The maximum atomic E-state index is 13.2. The van der Waals surface area contributed by atoms with E-state index in [0.29, 0.717) is 12.5 Å². The van der Waals surface area contributed by atoms with Crippen LogP contribution in [0.15, 0.2) is 47.4 Å². The fourth-order valence-electron chi connectivity index (χ4n) is 3.45. The summed E-state index contributed by atoms with van der Waals surface area (Å²) in [5, 5.41) is 2.60. The van der Waals surface area contributed by atoms with Gasteiger partial charge in [0.2, 0.25) is 10.0 Å². The Bertz CT molecular complexity index is 936. The standard InChI is InChI=1S/C21H24F2N2O3S/c22-17-12-16(13-18(23)14-17)21(26)24-11-10-15-6-8-20(9-7-15)29(27,28)25-19-4-2-1-3-5-19/h6-9,12-14,19,25H,1-5,10-11H2,(H,24,26). The van der Waals surface area contributed by atoms with E-state index in [1.54, 1.807) is 24.3 Å².